The average Bonchev–Trinajstić information content (AvgIpc) is 2.36. The molecule has 0 bridgehead atoms. The number of nitrogens with zero attached hydrogens (tertiary/aromatic N) is 1. The maximum Gasteiger partial charge on any atom is 0.0431 e. The zero-order valence-corrected chi connectivity index (χ0v) is 10.8. The molecule has 1 rings (SSSR count). The van der Waals surface area contributed by atoms with Crippen molar-refractivity contribution in [1.29, 1.82) is 0 Å². The Morgan fingerprint density at radius 3 is 2.62 bits per heavy atom. The molecular formula is C13H27N3. The van der Waals surface area contributed by atoms with E-state index in [9.17, 15) is 0 Å². The second-order valence-electron chi connectivity index (χ2n) is 4.56. The van der Waals surface area contributed by atoms with E-state index in [1.165, 1.54) is 31.3 Å². The fourth-order valence-electron chi connectivity index (χ4n) is 2.41. The summed E-state index contributed by atoms with van der Waals surface area (Å²) in [6.45, 7) is 7.83. The minimum atomic E-state index is 0.390. The summed E-state index contributed by atoms with van der Waals surface area (Å²) < 4.78 is 0. The highest BCUT2D eigenvalue weighted by atomic mass is 15.2. The van der Waals surface area contributed by atoms with Crippen LogP contribution in [0.5, 0.6) is 0 Å². The smallest absolute Gasteiger partial charge is 0.0431 e. The molecule has 0 saturated heterocycles. The normalized spacial score (nSPS) is 18.6. The molecule has 0 spiro atoms. The van der Waals surface area contributed by atoms with Gasteiger partial charge in [0.25, 0.3) is 0 Å². The van der Waals surface area contributed by atoms with Crippen LogP contribution in [-0.2, 0) is 0 Å². The van der Waals surface area contributed by atoms with Crippen molar-refractivity contribution in [3.63, 3.8) is 0 Å². The maximum absolute atomic E-state index is 5.66. The highest BCUT2D eigenvalue weighted by molar-refractivity contribution is 5.12. The van der Waals surface area contributed by atoms with Gasteiger partial charge in [0.2, 0.25) is 0 Å². The van der Waals surface area contributed by atoms with Crippen LogP contribution in [0.4, 0.5) is 0 Å². The van der Waals surface area contributed by atoms with Gasteiger partial charge in [-0.2, -0.15) is 0 Å². The second-order valence-corrected chi connectivity index (χ2v) is 4.56. The lowest BCUT2D eigenvalue weighted by Crippen LogP contribution is -2.40. The molecule has 16 heavy (non-hydrogen) atoms. The zero-order valence-electron chi connectivity index (χ0n) is 10.8. The van der Waals surface area contributed by atoms with Gasteiger partial charge >= 0.3 is 0 Å². The van der Waals surface area contributed by atoms with Crippen LogP contribution in [0.2, 0.25) is 0 Å². The van der Waals surface area contributed by atoms with Gasteiger partial charge < -0.3 is 4.90 Å². The summed E-state index contributed by atoms with van der Waals surface area (Å²) in [7, 11) is 0. The molecule has 1 aliphatic carbocycles. The van der Waals surface area contributed by atoms with Gasteiger partial charge in [-0.05, 0) is 51.7 Å². The van der Waals surface area contributed by atoms with Crippen molar-refractivity contribution in [3.8, 4) is 0 Å². The van der Waals surface area contributed by atoms with Crippen LogP contribution in [-0.4, -0.2) is 30.6 Å². The molecule has 3 nitrogen and oxygen atoms in total. The first-order chi connectivity index (χ1) is 7.81. The number of nitrogens with two attached hydrogens (primary N) is 1. The van der Waals surface area contributed by atoms with Gasteiger partial charge in [0.15, 0.2) is 0 Å². The van der Waals surface area contributed by atoms with Crippen molar-refractivity contribution >= 4 is 0 Å². The van der Waals surface area contributed by atoms with Crippen LogP contribution in [0.1, 0.15) is 46.0 Å². The molecule has 0 fully saturated rings. The largest absolute Gasteiger partial charge is 0.304 e. The van der Waals surface area contributed by atoms with E-state index in [1.54, 1.807) is 0 Å². The molecule has 0 aromatic carbocycles. The third-order valence-corrected chi connectivity index (χ3v) is 3.60. The van der Waals surface area contributed by atoms with E-state index in [0.29, 0.717) is 6.04 Å². The number of rotatable bonds is 7. The van der Waals surface area contributed by atoms with E-state index in [4.69, 9.17) is 5.84 Å². The predicted molar refractivity (Wildman–Crippen MR) is 70.1 cm³/mol. The van der Waals surface area contributed by atoms with E-state index in [2.05, 4.69) is 30.2 Å². The van der Waals surface area contributed by atoms with Crippen molar-refractivity contribution < 1.29 is 0 Å². The van der Waals surface area contributed by atoms with Crippen molar-refractivity contribution in [2.45, 2.75) is 52.0 Å². The summed E-state index contributed by atoms with van der Waals surface area (Å²) in [5.74, 6) is 5.66. The van der Waals surface area contributed by atoms with E-state index >= 15 is 0 Å². The SMILES string of the molecule is CCN(CC)CCC(NN)C1=CCCCC1. The molecule has 3 N–H and O–H groups in total. The lowest BCUT2D eigenvalue weighted by atomic mass is 9.92. The Hall–Kier alpha value is -0.380. The first kappa shape index (κ1) is 13.7. The maximum atomic E-state index is 5.66. The van der Waals surface area contributed by atoms with E-state index in [-0.39, 0.29) is 0 Å². The Morgan fingerprint density at radius 2 is 2.12 bits per heavy atom. The Bertz CT molecular complexity index is 209. The Balaban J connectivity index is 2.38. The molecule has 3 heteroatoms. The molecule has 0 heterocycles. The highest BCUT2D eigenvalue weighted by Crippen LogP contribution is 2.21. The van der Waals surface area contributed by atoms with E-state index in [1.807, 2.05) is 0 Å². The summed E-state index contributed by atoms with van der Waals surface area (Å²) >= 11 is 0. The summed E-state index contributed by atoms with van der Waals surface area (Å²) in [4.78, 5) is 2.45. The van der Waals surface area contributed by atoms with Crippen LogP contribution in [0, 0.1) is 0 Å². The van der Waals surface area contributed by atoms with Gasteiger partial charge in [-0.1, -0.05) is 25.5 Å². The molecule has 1 aliphatic rings. The summed E-state index contributed by atoms with van der Waals surface area (Å²) in [5, 5.41) is 0. The van der Waals surface area contributed by atoms with Crippen LogP contribution in [0.3, 0.4) is 0 Å². The highest BCUT2D eigenvalue weighted by Gasteiger charge is 2.15. The molecule has 0 amide bonds. The summed E-state index contributed by atoms with van der Waals surface area (Å²) in [6.07, 6.45) is 8.65. The Kier molecular flexibility index (Phi) is 6.69. The van der Waals surface area contributed by atoms with Crippen LogP contribution >= 0.6 is 0 Å². The van der Waals surface area contributed by atoms with E-state index < -0.39 is 0 Å². The standard InChI is InChI=1S/C13H27N3/c1-3-16(4-2)11-10-13(15-14)12-8-6-5-7-9-12/h8,13,15H,3-7,9-11,14H2,1-2H3. The molecule has 1 unspecified atom stereocenters. The fraction of sp³-hybridized carbons (Fsp3) is 0.846. The lowest BCUT2D eigenvalue weighted by Gasteiger charge is -2.25. The summed E-state index contributed by atoms with van der Waals surface area (Å²) in [6, 6.07) is 0.390. The minimum Gasteiger partial charge on any atom is -0.304 e. The first-order valence-corrected chi connectivity index (χ1v) is 6.69. The fourth-order valence-corrected chi connectivity index (χ4v) is 2.41. The number of allylic oxidation sites excluding steroid dienone is 1. The topological polar surface area (TPSA) is 41.3 Å². The third kappa shape index (κ3) is 4.24. The Morgan fingerprint density at radius 1 is 1.38 bits per heavy atom. The quantitative estimate of drug-likeness (QED) is 0.396. The lowest BCUT2D eigenvalue weighted by molar-refractivity contribution is 0.286. The first-order valence-electron chi connectivity index (χ1n) is 6.69. The van der Waals surface area contributed by atoms with Crippen molar-refractivity contribution in [2.24, 2.45) is 5.84 Å². The summed E-state index contributed by atoms with van der Waals surface area (Å²) in [5.41, 5.74) is 4.51. The van der Waals surface area contributed by atoms with Gasteiger partial charge in [-0.3, -0.25) is 11.3 Å². The predicted octanol–water partition coefficient (Wildman–Crippen LogP) is 2.05. The second kappa shape index (κ2) is 7.82. The molecule has 0 radical (unpaired) electrons. The van der Waals surface area contributed by atoms with Crippen molar-refractivity contribution in [2.75, 3.05) is 19.6 Å². The number of hydrogen-bond donors (Lipinski definition) is 2. The number of hydrazine groups is 1. The van der Waals surface area contributed by atoms with Crippen LogP contribution in [0.15, 0.2) is 11.6 Å². The minimum absolute atomic E-state index is 0.390. The van der Waals surface area contributed by atoms with Gasteiger partial charge in [-0.15, -0.1) is 0 Å². The van der Waals surface area contributed by atoms with Crippen LogP contribution < -0.4 is 11.3 Å². The molecule has 0 aliphatic heterocycles. The average molecular weight is 225 g/mol. The molecule has 0 saturated carbocycles. The zero-order chi connectivity index (χ0) is 11.8. The number of hydrogen-bond acceptors (Lipinski definition) is 3. The van der Waals surface area contributed by atoms with Gasteiger partial charge in [-0.25, -0.2) is 0 Å². The molecule has 94 valence electrons. The molecular weight excluding hydrogens is 198 g/mol. The monoisotopic (exact) mass is 225 g/mol. The van der Waals surface area contributed by atoms with E-state index in [0.717, 1.165) is 26.1 Å². The van der Waals surface area contributed by atoms with Gasteiger partial charge in [0.05, 0.1) is 0 Å². The van der Waals surface area contributed by atoms with Gasteiger partial charge in [0.1, 0.15) is 0 Å². The molecule has 0 aromatic rings. The van der Waals surface area contributed by atoms with Crippen molar-refractivity contribution in [3.05, 3.63) is 11.6 Å². The van der Waals surface area contributed by atoms with Gasteiger partial charge in [0, 0.05) is 6.04 Å². The third-order valence-electron chi connectivity index (χ3n) is 3.60. The number of nitrogens with one attached hydrogen (secondary N) is 1. The van der Waals surface area contributed by atoms with Crippen LogP contribution in [0.25, 0.3) is 0 Å². The Labute approximate surface area is 100 Å². The molecule has 1 atom stereocenters. The molecule has 0 aromatic heterocycles. The van der Waals surface area contributed by atoms with Crippen molar-refractivity contribution in [1.82, 2.24) is 10.3 Å².